The molecule has 0 aromatic carbocycles. The molecule has 12 amide bonds. The van der Waals surface area contributed by atoms with E-state index in [9.17, 15) is 57.8 Å². The van der Waals surface area contributed by atoms with Crippen molar-refractivity contribution in [3.63, 3.8) is 0 Å². The molecule has 4 aliphatic carbocycles. The molecule has 6 rings (SSSR count). The Kier molecular flexibility index (Phi) is 21.7. The number of nitrogens with two attached hydrogens (primary N) is 2. The zero-order chi connectivity index (χ0) is 58.6. The molecule has 0 radical (unpaired) electrons. The molecule has 0 aromatic rings. The lowest BCUT2D eigenvalue weighted by atomic mass is 9.79. The first-order valence-corrected chi connectivity index (χ1v) is 27.1. The minimum Gasteiger partial charge on any atom is -1.00 e. The monoisotopic (exact) mass is 1220 g/mol. The van der Waals surface area contributed by atoms with Crippen molar-refractivity contribution in [1.29, 1.82) is 0 Å². The van der Waals surface area contributed by atoms with Gasteiger partial charge in [0.25, 0.3) is 5.91 Å². The van der Waals surface area contributed by atoms with Gasteiger partial charge in [0.15, 0.2) is 6.10 Å². The number of urea groups is 2. The van der Waals surface area contributed by atoms with Gasteiger partial charge >= 0.3 is 12.1 Å². The van der Waals surface area contributed by atoms with Crippen LogP contribution in [0.5, 0.6) is 0 Å². The second kappa shape index (κ2) is 26.2. The van der Waals surface area contributed by atoms with E-state index in [1.165, 1.54) is 9.80 Å². The zero-order valence-electron chi connectivity index (χ0n) is 47.4. The summed E-state index contributed by atoms with van der Waals surface area (Å²) in [7, 11) is 0. The number of Topliss-reactive ketones (excluding diaryl/α,β-unsaturated/α-hetero) is 1. The maximum absolute atomic E-state index is 13.8. The number of carbonyl (C=O) groups excluding carboxylic acids is 11. The second-order valence-corrected chi connectivity index (χ2v) is 25.3. The van der Waals surface area contributed by atoms with Crippen LogP contribution in [0.25, 0.3) is 0 Å². The SMILES string of the molecule is C=CC(=O)NC[C@H](NC(=O)NC(C)(C)C)C(=O)N1CC2[C@@H](C1C(=O)NC(CC1CCC1)C(=O)C(N)=O)C2(C)C.C=CC(=O)NC[C@H](NC(=O)NC(C)(C)C)C(=O)N1CC2[C@@H](C1C(=O)NC(CC1CCC1)C(O)C(N)=O)C2(C)C.[I-]. The van der Waals surface area contributed by atoms with E-state index in [4.69, 9.17) is 11.5 Å². The van der Waals surface area contributed by atoms with Crippen LogP contribution in [0, 0.1) is 46.3 Å². The summed E-state index contributed by atoms with van der Waals surface area (Å²) in [6, 6.07) is -7.21. The largest absolute Gasteiger partial charge is 1.00 e. The number of nitrogens with zero attached hydrogens (tertiary/aromatic N) is 2. The van der Waals surface area contributed by atoms with Crippen LogP contribution in [-0.2, 0) is 43.2 Å². The average Bonchev–Trinajstić information content (AvgIpc) is 3.74. The van der Waals surface area contributed by atoms with Gasteiger partial charge in [-0.1, -0.05) is 79.4 Å². The number of fused-ring (bicyclic) bond motifs is 2. The van der Waals surface area contributed by atoms with Gasteiger partial charge in [0.1, 0.15) is 24.2 Å². The van der Waals surface area contributed by atoms with Crippen LogP contribution >= 0.6 is 0 Å². The van der Waals surface area contributed by atoms with E-state index in [0.29, 0.717) is 19.4 Å². The van der Waals surface area contributed by atoms with E-state index < -0.39 is 119 Å². The number of hydrogen-bond donors (Lipinski definition) is 11. The van der Waals surface area contributed by atoms with Crippen LogP contribution < -0.4 is 78.0 Å². The van der Waals surface area contributed by atoms with E-state index in [1.807, 2.05) is 27.7 Å². The van der Waals surface area contributed by atoms with Gasteiger partial charge in [-0.25, -0.2) is 9.59 Å². The smallest absolute Gasteiger partial charge is 0.315 e. The number of primary amides is 2. The Morgan fingerprint density at radius 3 is 1.32 bits per heavy atom. The van der Waals surface area contributed by atoms with Crippen molar-refractivity contribution in [2.45, 2.75) is 174 Å². The van der Waals surface area contributed by atoms with Crippen molar-refractivity contribution in [1.82, 2.24) is 52.3 Å². The predicted octanol–water partition coefficient (Wildman–Crippen LogP) is -3.27. The van der Waals surface area contributed by atoms with Crippen LogP contribution in [0.3, 0.4) is 0 Å². The summed E-state index contributed by atoms with van der Waals surface area (Å²) in [5.74, 6) is -5.68. The van der Waals surface area contributed by atoms with Gasteiger partial charge in [0.2, 0.25) is 47.1 Å². The molecule has 79 heavy (non-hydrogen) atoms. The third-order valence-electron chi connectivity index (χ3n) is 16.5. The highest BCUT2D eigenvalue weighted by atomic mass is 127. The van der Waals surface area contributed by atoms with Crippen molar-refractivity contribution >= 4 is 65.1 Å². The van der Waals surface area contributed by atoms with Gasteiger partial charge < -0.3 is 92.9 Å². The first-order chi connectivity index (χ1) is 36.1. The third kappa shape index (κ3) is 16.6. The van der Waals surface area contributed by atoms with E-state index in [2.05, 4.69) is 55.7 Å². The fourth-order valence-electron chi connectivity index (χ4n) is 11.6. The summed E-state index contributed by atoms with van der Waals surface area (Å²) in [5.41, 5.74) is 9.08. The van der Waals surface area contributed by atoms with Crippen LogP contribution in [0.2, 0.25) is 0 Å². The molecule has 6 fully saturated rings. The molecule has 13 N–H and O–H groups in total. The summed E-state index contributed by atoms with van der Waals surface area (Å²) in [6.07, 6.45) is 7.09. The van der Waals surface area contributed by atoms with Crippen LogP contribution in [0.1, 0.15) is 121 Å². The summed E-state index contributed by atoms with van der Waals surface area (Å²) in [6.45, 7) is 25.8. The lowest BCUT2D eigenvalue weighted by Gasteiger charge is -2.36. The number of aliphatic hydroxyl groups excluding tert-OH is 1. The standard InChI is InChI=1S/C27H44N6O6.C27H42N6O6.HI/c2*1-7-18(34)29-12-17(31-25(39)32-26(2,3)4)24(38)33-13-15-19(27(15,5)6)20(33)23(37)30-16(21(35)22(28)36)11-14-9-8-10-14;/h7,14-17,19-21,35H,1,8-13H2,2-6H3,(H2,28,36)(H,29,34)(H,30,37)(H2,31,32,39);7,14-17,19-20H,1,8-13H2,2-6H3,(H2,28,36)(H,29,34)(H,30,37)(H2,31,32,39);1H/p-1/t15?,16?,17-,19-,20?,21?;15?,16?,17-,19-,20?;/m00./s1. The number of likely N-dealkylation sites (tertiary alicyclic amines) is 2. The quantitative estimate of drug-likeness (QED) is 0.0289. The fourth-order valence-corrected chi connectivity index (χ4v) is 11.6. The van der Waals surface area contributed by atoms with E-state index in [-0.39, 0.29) is 89.9 Å². The molecule has 24 nitrogen and oxygen atoms in total. The van der Waals surface area contributed by atoms with Gasteiger partial charge in [0.05, 0.1) is 12.1 Å². The van der Waals surface area contributed by atoms with Crippen molar-refractivity contribution in [2.24, 2.45) is 57.8 Å². The fraction of sp³-hybridized carbons (Fsp3) is 0.722. The lowest BCUT2D eigenvalue weighted by molar-refractivity contribution is -0.143. The van der Waals surface area contributed by atoms with Crippen molar-refractivity contribution in [2.75, 3.05) is 26.2 Å². The number of rotatable bonds is 22. The minimum atomic E-state index is -1.55. The Morgan fingerprint density at radius 2 is 0.987 bits per heavy atom. The number of ketones is 1. The molecule has 442 valence electrons. The van der Waals surface area contributed by atoms with Gasteiger partial charge in [-0.2, -0.15) is 0 Å². The van der Waals surface area contributed by atoms with Crippen LogP contribution in [0.15, 0.2) is 25.3 Å². The number of aliphatic hydroxyl groups is 1. The first-order valence-electron chi connectivity index (χ1n) is 27.1. The summed E-state index contributed by atoms with van der Waals surface area (Å²) >= 11 is 0. The third-order valence-corrected chi connectivity index (χ3v) is 16.5. The highest BCUT2D eigenvalue weighted by Gasteiger charge is 2.71. The van der Waals surface area contributed by atoms with Crippen LogP contribution in [-0.4, -0.2) is 160 Å². The molecule has 4 saturated carbocycles. The summed E-state index contributed by atoms with van der Waals surface area (Å²) in [4.78, 5) is 143. The number of piperidine rings is 2. The average molecular weight is 1220 g/mol. The molecular weight excluding hydrogens is 1140 g/mol. The molecule has 11 atom stereocenters. The summed E-state index contributed by atoms with van der Waals surface area (Å²) in [5, 5.41) is 31.8. The molecule has 2 saturated heterocycles. The Hall–Kier alpha value is -5.86. The first kappa shape index (κ1) is 65.7. The van der Waals surface area contributed by atoms with Crippen molar-refractivity contribution in [3.8, 4) is 0 Å². The molecule has 7 unspecified atom stereocenters. The number of halogens is 1. The van der Waals surface area contributed by atoms with E-state index in [1.54, 1.807) is 41.5 Å². The molecule has 6 aliphatic rings. The lowest BCUT2D eigenvalue weighted by Crippen LogP contribution is -3.00. The topological polar surface area (TPSA) is 363 Å². The van der Waals surface area contributed by atoms with Crippen LogP contribution in [0.4, 0.5) is 9.59 Å². The minimum absolute atomic E-state index is 0. The molecule has 2 aliphatic heterocycles. The van der Waals surface area contributed by atoms with E-state index >= 15 is 0 Å². The molecule has 0 spiro atoms. The van der Waals surface area contributed by atoms with Crippen molar-refractivity contribution < 1.29 is 81.8 Å². The maximum atomic E-state index is 13.8. The summed E-state index contributed by atoms with van der Waals surface area (Å²) < 4.78 is 0. The molecule has 25 heteroatoms. The highest BCUT2D eigenvalue weighted by Crippen LogP contribution is 2.66. The molecular formula is C54H86IN12O12-. The Labute approximate surface area is 480 Å². The van der Waals surface area contributed by atoms with Gasteiger partial charge in [-0.3, -0.25) is 43.2 Å². The van der Waals surface area contributed by atoms with E-state index in [0.717, 1.165) is 50.7 Å². The Bertz CT molecular complexity index is 2380. The normalized spacial score (nSPS) is 24.9. The molecule has 0 aromatic heterocycles. The van der Waals surface area contributed by atoms with Gasteiger partial charge in [-0.05, 0) is 113 Å². The molecule has 0 bridgehead atoms. The van der Waals surface area contributed by atoms with Gasteiger partial charge in [-0.15, -0.1) is 0 Å². The number of carbonyl (C=O) groups is 11. The highest BCUT2D eigenvalue weighted by molar-refractivity contribution is 6.37. The Balaban J connectivity index is 0.000000336. The molecule has 2 heterocycles. The maximum Gasteiger partial charge on any atom is 0.315 e. The predicted molar refractivity (Wildman–Crippen MR) is 287 cm³/mol. The second-order valence-electron chi connectivity index (χ2n) is 25.3. The Morgan fingerprint density at radius 1 is 0.608 bits per heavy atom. The number of amides is 12. The number of nitrogens with one attached hydrogen (secondary N) is 8. The van der Waals surface area contributed by atoms with Gasteiger partial charge in [0, 0.05) is 37.3 Å². The van der Waals surface area contributed by atoms with Crippen molar-refractivity contribution in [3.05, 3.63) is 25.3 Å². The number of hydrogen-bond acceptors (Lipinski definition) is 12. The zero-order valence-corrected chi connectivity index (χ0v) is 49.6.